The van der Waals surface area contributed by atoms with Gasteiger partial charge < -0.3 is 18.7 Å². The minimum atomic E-state index is -2.26. The Balaban J connectivity index is 2.01. The molecule has 5 nitrogen and oxygen atoms in total. The Morgan fingerprint density at radius 2 is 1.84 bits per heavy atom. The highest BCUT2D eigenvalue weighted by Crippen LogP contribution is 2.50. The van der Waals surface area contributed by atoms with Gasteiger partial charge >= 0.3 is 12.9 Å². The van der Waals surface area contributed by atoms with Gasteiger partial charge in [-0.1, -0.05) is 6.07 Å². The molecule has 3 heterocycles. The highest BCUT2D eigenvalue weighted by molar-refractivity contribution is 7.10. The van der Waals surface area contributed by atoms with Crippen LogP contribution in [0.5, 0.6) is 0 Å². The molecule has 0 saturated carbocycles. The van der Waals surface area contributed by atoms with Crippen molar-refractivity contribution in [3.8, 4) is 0 Å². The number of hydrogen-bond donors (Lipinski definition) is 0. The summed E-state index contributed by atoms with van der Waals surface area (Å²) in [6, 6.07) is 3.14. The Morgan fingerprint density at radius 3 is 2.37 bits per heavy atom. The number of rotatable bonds is 1. The highest BCUT2D eigenvalue weighted by atomic mass is 32.1. The maximum Gasteiger partial charge on any atom is 0.485 e. The minimum Gasteiger partial charge on any atom is -0.609 e. The minimum absolute atomic E-state index is 0.573. The van der Waals surface area contributed by atoms with Gasteiger partial charge in [-0.25, -0.2) is 4.79 Å². The summed E-state index contributed by atoms with van der Waals surface area (Å²) in [7, 11) is 0. The molecule has 1 aromatic rings. The third-order valence-corrected chi connectivity index (χ3v) is 4.98. The molecule has 2 fully saturated rings. The Hall–Kier alpha value is -1.05. The number of carbonyl (C=O) groups excluding carboxylic acids is 1. The molecule has 19 heavy (non-hydrogen) atoms. The summed E-state index contributed by atoms with van der Waals surface area (Å²) in [6.07, 6.45) is -0.744. The molecule has 1 spiro atoms. The SMILES string of the molecule is CC1(C)O[B-]2(OC(=O)OC2c2cccs2)OC1(C)C. The van der Waals surface area contributed by atoms with Crippen LogP contribution in [0.4, 0.5) is 4.79 Å². The Morgan fingerprint density at radius 1 is 1.21 bits per heavy atom. The fourth-order valence-electron chi connectivity index (χ4n) is 2.42. The van der Waals surface area contributed by atoms with Gasteiger partial charge in [-0.05, 0) is 39.1 Å². The van der Waals surface area contributed by atoms with E-state index in [9.17, 15) is 4.79 Å². The zero-order chi connectivity index (χ0) is 13.9. The molecule has 0 radical (unpaired) electrons. The van der Waals surface area contributed by atoms with Crippen LogP contribution in [0.3, 0.4) is 0 Å². The van der Waals surface area contributed by atoms with E-state index in [1.165, 1.54) is 11.3 Å². The lowest BCUT2D eigenvalue weighted by Gasteiger charge is -2.36. The van der Waals surface area contributed by atoms with Crippen molar-refractivity contribution in [2.75, 3.05) is 0 Å². The van der Waals surface area contributed by atoms with Crippen molar-refractivity contribution in [1.29, 1.82) is 0 Å². The van der Waals surface area contributed by atoms with Crippen LogP contribution in [0.15, 0.2) is 17.5 Å². The Labute approximate surface area is 115 Å². The Kier molecular flexibility index (Phi) is 2.55. The maximum atomic E-state index is 11.5. The summed E-state index contributed by atoms with van der Waals surface area (Å²) in [5.74, 6) is 0. The second-order valence-electron chi connectivity index (χ2n) is 5.87. The maximum absolute atomic E-state index is 11.5. The second kappa shape index (κ2) is 3.74. The molecular weight excluding hydrogens is 267 g/mol. The molecule has 2 saturated heterocycles. The van der Waals surface area contributed by atoms with E-state index < -0.39 is 30.1 Å². The van der Waals surface area contributed by atoms with Crippen LogP contribution >= 0.6 is 11.3 Å². The molecular formula is C12H16BO5S-. The number of hydrogen-bond acceptors (Lipinski definition) is 6. The lowest BCUT2D eigenvalue weighted by Crippen LogP contribution is -2.44. The fourth-order valence-corrected chi connectivity index (χ4v) is 3.24. The fraction of sp³-hybridized carbons (Fsp3) is 0.583. The Bertz CT molecular complexity index is 494. The molecule has 1 unspecified atom stereocenters. The van der Waals surface area contributed by atoms with Gasteiger partial charge in [-0.3, -0.25) is 0 Å². The largest absolute Gasteiger partial charge is 0.609 e. The van der Waals surface area contributed by atoms with Crippen molar-refractivity contribution in [3.63, 3.8) is 0 Å². The van der Waals surface area contributed by atoms with Crippen molar-refractivity contribution in [3.05, 3.63) is 22.4 Å². The van der Waals surface area contributed by atoms with Crippen LogP contribution in [-0.2, 0) is 18.7 Å². The van der Waals surface area contributed by atoms with Gasteiger partial charge in [0.2, 0.25) is 0 Å². The van der Waals surface area contributed by atoms with Gasteiger partial charge in [-0.2, -0.15) is 0 Å². The lowest BCUT2D eigenvalue weighted by atomic mass is 9.70. The van der Waals surface area contributed by atoms with Crippen LogP contribution in [0.2, 0.25) is 0 Å². The molecule has 7 heteroatoms. The van der Waals surface area contributed by atoms with E-state index in [-0.39, 0.29) is 0 Å². The van der Waals surface area contributed by atoms with Gasteiger partial charge in [0.05, 0.1) is 0 Å². The molecule has 0 amide bonds. The standard InChI is InChI=1S/C12H16BO5S/c1-11(2)12(3,4)18-13(17-11)9(15-10(14)16-13)8-6-5-7-19-8/h5-7,9H,1-4H3/q-1. The smallest absolute Gasteiger partial charge is 0.485 e. The third kappa shape index (κ3) is 1.80. The van der Waals surface area contributed by atoms with E-state index in [4.69, 9.17) is 18.7 Å². The molecule has 1 aromatic heterocycles. The molecule has 104 valence electrons. The summed E-state index contributed by atoms with van der Waals surface area (Å²) in [5, 5.41) is 1.91. The van der Waals surface area contributed by atoms with Crippen LogP contribution in [0, 0.1) is 0 Å². The van der Waals surface area contributed by atoms with Crippen molar-refractivity contribution in [2.24, 2.45) is 0 Å². The first kappa shape index (κ1) is 13.0. The number of ether oxygens (including phenoxy) is 1. The van der Waals surface area contributed by atoms with Crippen LogP contribution in [0.25, 0.3) is 0 Å². The summed E-state index contributed by atoms with van der Waals surface area (Å²) in [6.45, 7) is 5.41. The third-order valence-electron chi connectivity index (χ3n) is 4.05. The monoisotopic (exact) mass is 283 g/mol. The van der Waals surface area contributed by atoms with Crippen LogP contribution in [0.1, 0.15) is 38.6 Å². The molecule has 2 aliphatic heterocycles. The molecule has 0 N–H and O–H groups in total. The van der Waals surface area contributed by atoms with Gasteiger partial charge in [0.15, 0.2) is 0 Å². The summed E-state index contributed by atoms with van der Waals surface area (Å²) in [5.41, 5.74) is -1.15. The normalized spacial score (nSPS) is 30.3. The highest BCUT2D eigenvalue weighted by Gasteiger charge is 2.63. The average molecular weight is 283 g/mol. The van der Waals surface area contributed by atoms with E-state index >= 15 is 0 Å². The van der Waals surface area contributed by atoms with E-state index in [1.54, 1.807) is 0 Å². The van der Waals surface area contributed by atoms with E-state index in [0.717, 1.165) is 4.88 Å². The van der Waals surface area contributed by atoms with Crippen molar-refractivity contribution in [1.82, 2.24) is 0 Å². The molecule has 0 aliphatic carbocycles. The van der Waals surface area contributed by atoms with Crippen LogP contribution < -0.4 is 0 Å². The predicted octanol–water partition coefficient (Wildman–Crippen LogP) is 3.04. The van der Waals surface area contributed by atoms with Crippen molar-refractivity contribution >= 4 is 24.2 Å². The molecule has 0 bridgehead atoms. The predicted molar refractivity (Wildman–Crippen MR) is 70.7 cm³/mol. The molecule has 1 atom stereocenters. The molecule has 2 aliphatic rings. The van der Waals surface area contributed by atoms with Gasteiger partial charge in [0, 0.05) is 16.1 Å². The number of cyclic esters (lactones) is 1. The van der Waals surface area contributed by atoms with Gasteiger partial charge in [-0.15, -0.1) is 11.3 Å². The lowest BCUT2D eigenvalue weighted by molar-refractivity contribution is 0.00578. The summed E-state index contributed by atoms with van der Waals surface area (Å²) >= 11 is 1.48. The molecule has 3 rings (SSSR count). The van der Waals surface area contributed by atoms with Gasteiger partial charge in [0.1, 0.15) is 6.00 Å². The molecule has 0 aromatic carbocycles. The van der Waals surface area contributed by atoms with E-state index in [1.807, 2.05) is 45.2 Å². The summed E-state index contributed by atoms with van der Waals surface area (Å²) in [4.78, 5) is 12.4. The number of thiophene rings is 1. The van der Waals surface area contributed by atoms with Crippen LogP contribution in [-0.4, -0.2) is 24.1 Å². The zero-order valence-corrected chi connectivity index (χ0v) is 12.2. The van der Waals surface area contributed by atoms with Crippen molar-refractivity contribution < 1.29 is 23.5 Å². The first-order valence-electron chi connectivity index (χ1n) is 6.23. The van der Waals surface area contributed by atoms with Crippen molar-refractivity contribution in [2.45, 2.75) is 44.9 Å². The first-order valence-corrected chi connectivity index (χ1v) is 7.11. The van der Waals surface area contributed by atoms with Gasteiger partial charge in [0.25, 0.3) is 0 Å². The first-order chi connectivity index (χ1) is 8.76. The average Bonchev–Trinajstić information content (AvgIpc) is 2.87. The summed E-state index contributed by atoms with van der Waals surface area (Å²) < 4.78 is 22.5. The number of carbonyl (C=O) groups is 1. The second-order valence-corrected chi connectivity index (χ2v) is 6.85. The van der Waals surface area contributed by atoms with E-state index in [0.29, 0.717) is 0 Å². The quantitative estimate of drug-likeness (QED) is 0.585. The van der Waals surface area contributed by atoms with E-state index in [2.05, 4.69) is 0 Å². The topological polar surface area (TPSA) is 54.0 Å². The zero-order valence-electron chi connectivity index (χ0n) is 11.3.